The summed E-state index contributed by atoms with van der Waals surface area (Å²) in [6.45, 7) is 2.24. The van der Waals surface area contributed by atoms with Crippen LogP contribution in [0.4, 0.5) is 0 Å². The lowest BCUT2D eigenvalue weighted by Crippen LogP contribution is -2.51. The predicted octanol–water partition coefficient (Wildman–Crippen LogP) is 1.78. The van der Waals surface area contributed by atoms with Crippen molar-refractivity contribution >= 4 is 5.78 Å². The highest BCUT2D eigenvalue weighted by Crippen LogP contribution is 2.61. The topological polar surface area (TPSA) is 77.8 Å². The van der Waals surface area contributed by atoms with E-state index in [1.54, 1.807) is 0 Å². The van der Waals surface area contributed by atoms with Gasteiger partial charge in [-0.1, -0.05) is 12.5 Å². The molecule has 3 saturated carbocycles. The van der Waals surface area contributed by atoms with E-state index < -0.39 is 11.6 Å². The lowest BCUT2D eigenvalue weighted by atomic mass is 9.52. The van der Waals surface area contributed by atoms with Crippen LogP contribution in [-0.4, -0.2) is 33.0 Å². The van der Waals surface area contributed by atoms with Crippen LogP contribution in [0, 0.1) is 29.1 Å². The zero-order chi connectivity index (χ0) is 15.7. The predicted molar refractivity (Wildman–Crippen MR) is 80.7 cm³/mol. The first-order valence-electron chi connectivity index (χ1n) is 8.70. The SMILES string of the molecule is C[C@]12CC[C@H]3[C@@H](CCC4=CC(=O)C(O)(O)C[C@@H]43)[C@@H]1CC[C@@H]2O. The third-order valence-electron chi connectivity index (χ3n) is 7.42. The minimum absolute atomic E-state index is 0.0440. The number of aliphatic hydroxyl groups is 3. The molecule has 0 saturated heterocycles. The number of hydrogen-bond acceptors (Lipinski definition) is 4. The van der Waals surface area contributed by atoms with Gasteiger partial charge in [0.05, 0.1) is 6.10 Å². The molecule has 3 N–H and O–H groups in total. The summed E-state index contributed by atoms with van der Waals surface area (Å²) in [5.74, 6) is -1.04. The zero-order valence-electron chi connectivity index (χ0n) is 13.2. The van der Waals surface area contributed by atoms with E-state index in [0.29, 0.717) is 17.8 Å². The number of carbonyl (C=O) groups is 1. The maximum absolute atomic E-state index is 11.8. The Labute approximate surface area is 131 Å². The monoisotopic (exact) mass is 306 g/mol. The fourth-order valence-corrected chi connectivity index (χ4v) is 6.15. The summed E-state index contributed by atoms with van der Waals surface area (Å²) in [5.41, 5.74) is 1.18. The molecule has 0 aliphatic heterocycles. The van der Waals surface area contributed by atoms with Gasteiger partial charge in [0.25, 0.3) is 0 Å². The Morgan fingerprint density at radius 3 is 2.68 bits per heavy atom. The summed E-state index contributed by atoms with van der Waals surface area (Å²) in [6.07, 6.45) is 7.49. The van der Waals surface area contributed by atoms with Gasteiger partial charge in [0.2, 0.25) is 11.6 Å². The highest BCUT2D eigenvalue weighted by Gasteiger charge is 2.57. The second-order valence-electron chi connectivity index (χ2n) is 8.32. The van der Waals surface area contributed by atoms with Gasteiger partial charge in [-0.25, -0.2) is 0 Å². The van der Waals surface area contributed by atoms with Crippen LogP contribution in [0.25, 0.3) is 0 Å². The van der Waals surface area contributed by atoms with E-state index in [2.05, 4.69) is 6.92 Å². The molecule has 4 rings (SSSR count). The molecule has 4 aliphatic carbocycles. The average molecular weight is 306 g/mol. The van der Waals surface area contributed by atoms with Gasteiger partial charge in [-0.3, -0.25) is 4.79 Å². The molecule has 0 heterocycles. The van der Waals surface area contributed by atoms with Gasteiger partial charge in [0, 0.05) is 6.42 Å². The van der Waals surface area contributed by atoms with Crippen molar-refractivity contribution in [3.63, 3.8) is 0 Å². The molecule has 4 heteroatoms. The fourth-order valence-electron chi connectivity index (χ4n) is 6.15. The molecule has 4 aliphatic rings. The van der Waals surface area contributed by atoms with Crippen LogP contribution in [0.15, 0.2) is 11.6 Å². The normalized spacial score (nSPS) is 49.9. The first-order valence-corrected chi connectivity index (χ1v) is 8.70. The van der Waals surface area contributed by atoms with Crippen molar-refractivity contribution in [2.24, 2.45) is 29.1 Å². The van der Waals surface area contributed by atoms with Gasteiger partial charge in [-0.2, -0.15) is 0 Å². The maximum atomic E-state index is 11.8. The van der Waals surface area contributed by atoms with Crippen molar-refractivity contribution in [2.45, 2.75) is 63.8 Å². The smallest absolute Gasteiger partial charge is 0.228 e. The average Bonchev–Trinajstić information content (AvgIpc) is 2.76. The Balaban J connectivity index is 1.65. The Morgan fingerprint density at radius 1 is 1.14 bits per heavy atom. The molecule has 0 spiro atoms. The molecule has 0 aromatic rings. The Hall–Kier alpha value is -0.710. The molecule has 0 aromatic carbocycles. The van der Waals surface area contributed by atoms with Crippen LogP contribution in [-0.2, 0) is 4.79 Å². The van der Waals surface area contributed by atoms with Gasteiger partial charge in [0.15, 0.2) is 0 Å². The van der Waals surface area contributed by atoms with Crippen LogP contribution in [0.5, 0.6) is 0 Å². The summed E-state index contributed by atoms with van der Waals surface area (Å²) in [6, 6.07) is 0. The summed E-state index contributed by atoms with van der Waals surface area (Å²) in [7, 11) is 0. The quantitative estimate of drug-likeness (QED) is 0.596. The van der Waals surface area contributed by atoms with Crippen molar-refractivity contribution in [2.75, 3.05) is 0 Å². The summed E-state index contributed by atoms with van der Waals surface area (Å²) >= 11 is 0. The fraction of sp³-hybridized carbons (Fsp3) is 0.833. The Morgan fingerprint density at radius 2 is 1.91 bits per heavy atom. The van der Waals surface area contributed by atoms with E-state index in [1.807, 2.05) is 0 Å². The second kappa shape index (κ2) is 4.65. The molecule has 22 heavy (non-hydrogen) atoms. The standard InChI is InChI=1S/C18H26O4/c1-17-7-6-11-12(14(17)4-5-15(17)19)3-2-10-8-16(20)18(21,22)9-13(10)11/h8,11-15,19,21-22H,2-7,9H2,1H3/t11-,12+,13-,14-,15-,17-/m0/s1. The highest BCUT2D eigenvalue weighted by molar-refractivity contribution is 5.97. The lowest BCUT2D eigenvalue weighted by Gasteiger charge is -2.54. The molecule has 122 valence electrons. The zero-order valence-corrected chi connectivity index (χ0v) is 13.2. The van der Waals surface area contributed by atoms with Gasteiger partial charge in [0.1, 0.15) is 0 Å². The first kappa shape index (κ1) is 14.9. The number of allylic oxidation sites excluding steroid dienone is 1. The molecule has 4 nitrogen and oxygen atoms in total. The number of rotatable bonds is 0. The molecular weight excluding hydrogens is 280 g/mol. The van der Waals surface area contributed by atoms with Crippen molar-refractivity contribution in [1.82, 2.24) is 0 Å². The summed E-state index contributed by atoms with van der Waals surface area (Å²) in [4.78, 5) is 11.8. The molecule has 6 atom stereocenters. The van der Waals surface area contributed by atoms with E-state index in [1.165, 1.54) is 6.08 Å². The molecule has 0 amide bonds. The van der Waals surface area contributed by atoms with Gasteiger partial charge in [-0.15, -0.1) is 0 Å². The highest BCUT2D eigenvalue weighted by atomic mass is 16.5. The van der Waals surface area contributed by atoms with E-state index in [4.69, 9.17) is 0 Å². The van der Waals surface area contributed by atoms with Crippen molar-refractivity contribution in [3.8, 4) is 0 Å². The number of hydrogen-bond donors (Lipinski definition) is 3. The third-order valence-corrected chi connectivity index (χ3v) is 7.42. The summed E-state index contributed by atoms with van der Waals surface area (Å²) < 4.78 is 0. The molecule has 0 unspecified atom stereocenters. The van der Waals surface area contributed by atoms with Crippen molar-refractivity contribution in [1.29, 1.82) is 0 Å². The van der Waals surface area contributed by atoms with Gasteiger partial charge < -0.3 is 15.3 Å². The minimum atomic E-state index is -2.17. The number of fused-ring (bicyclic) bond motifs is 5. The number of aliphatic hydroxyl groups excluding tert-OH is 1. The Kier molecular flexibility index (Phi) is 3.14. The summed E-state index contributed by atoms with van der Waals surface area (Å²) in [5, 5.41) is 30.3. The molecule has 3 fully saturated rings. The van der Waals surface area contributed by atoms with Gasteiger partial charge in [-0.05, 0) is 73.7 Å². The van der Waals surface area contributed by atoms with E-state index in [9.17, 15) is 20.1 Å². The first-order chi connectivity index (χ1) is 10.3. The van der Waals surface area contributed by atoms with E-state index in [0.717, 1.165) is 44.1 Å². The number of carbonyl (C=O) groups excluding carboxylic acids is 1. The van der Waals surface area contributed by atoms with Crippen LogP contribution in [0.2, 0.25) is 0 Å². The molecule has 0 bridgehead atoms. The van der Waals surface area contributed by atoms with Crippen molar-refractivity contribution in [3.05, 3.63) is 11.6 Å². The second-order valence-corrected chi connectivity index (χ2v) is 8.32. The van der Waals surface area contributed by atoms with Gasteiger partial charge >= 0.3 is 0 Å². The largest absolute Gasteiger partial charge is 0.393 e. The van der Waals surface area contributed by atoms with Crippen LogP contribution in [0.1, 0.15) is 51.9 Å². The molecular formula is C18H26O4. The van der Waals surface area contributed by atoms with Crippen LogP contribution < -0.4 is 0 Å². The molecule has 0 radical (unpaired) electrons. The van der Waals surface area contributed by atoms with E-state index in [-0.39, 0.29) is 23.9 Å². The maximum Gasteiger partial charge on any atom is 0.228 e. The van der Waals surface area contributed by atoms with Crippen molar-refractivity contribution < 1.29 is 20.1 Å². The Bertz CT molecular complexity index is 537. The van der Waals surface area contributed by atoms with Crippen LogP contribution >= 0.6 is 0 Å². The minimum Gasteiger partial charge on any atom is -0.393 e. The number of ketones is 1. The molecule has 0 aromatic heterocycles. The third kappa shape index (κ3) is 1.90. The van der Waals surface area contributed by atoms with E-state index >= 15 is 0 Å². The lowest BCUT2D eigenvalue weighted by molar-refractivity contribution is -0.190. The van der Waals surface area contributed by atoms with Crippen LogP contribution in [0.3, 0.4) is 0 Å².